The molecule has 0 radical (unpaired) electrons. The second-order valence-corrected chi connectivity index (χ2v) is 7.62. The summed E-state index contributed by atoms with van der Waals surface area (Å²) >= 11 is 0. The maximum absolute atomic E-state index is 13.9. The van der Waals surface area contributed by atoms with Crippen LogP contribution in [-0.4, -0.2) is 39.7 Å². The lowest BCUT2D eigenvalue weighted by Crippen LogP contribution is -2.36. The predicted octanol–water partition coefficient (Wildman–Crippen LogP) is 1.84. The molecular weight excluding hydrogens is 345 g/mol. The molecule has 1 aliphatic rings. The van der Waals surface area contributed by atoms with Crippen LogP contribution in [0.25, 0.3) is 0 Å². The van der Waals surface area contributed by atoms with Crippen molar-refractivity contribution < 1.29 is 17.5 Å². The second-order valence-electron chi connectivity index (χ2n) is 5.88. The number of hydrogen-bond donors (Lipinski definition) is 1. The van der Waals surface area contributed by atoms with E-state index >= 15 is 0 Å². The highest BCUT2D eigenvalue weighted by atomic mass is 32.2. The van der Waals surface area contributed by atoms with Gasteiger partial charge in [-0.1, -0.05) is 6.07 Å². The lowest BCUT2D eigenvalue weighted by molar-refractivity contribution is 0.122. The minimum Gasteiger partial charge on any atom is -0.378 e. The van der Waals surface area contributed by atoms with Crippen LogP contribution in [-0.2, 0) is 21.3 Å². The van der Waals surface area contributed by atoms with Gasteiger partial charge in [0.2, 0.25) is 10.0 Å². The van der Waals surface area contributed by atoms with Crippen molar-refractivity contribution in [2.24, 2.45) is 0 Å². The average molecular weight is 365 g/mol. The number of halogens is 1. The first-order valence-electron chi connectivity index (χ1n) is 7.99. The predicted molar refractivity (Wildman–Crippen MR) is 92.4 cm³/mol. The zero-order valence-corrected chi connectivity index (χ0v) is 14.7. The number of ether oxygens (including phenoxy) is 1. The van der Waals surface area contributed by atoms with Crippen molar-refractivity contribution >= 4 is 15.8 Å². The Labute approximate surface area is 146 Å². The molecule has 0 saturated carbocycles. The third-order valence-electron chi connectivity index (χ3n) is 3.99. The van der Waals surface area contributed by atoms with Crippen LogP contribution in [0.15, 0.2) is 41.4 Å². The molecule has 2 heterocycles. The molecule has 0 bridgehead atoms. The van der Waals surface area contributed by atoms with Crippen LogP contribution in [0.5, 0.6) is 0 Å². The monoisotopic (exact) mass is 365 g/mol. The molecule has 1 fully saturated rings. The minimum atomic E-state index is -3.93. The number of pyridine rings is 1. The molecular formula is C17H20FN3O3S. The number of anilines is 1. The summed E-state index contributed by atoms with van der Waals surface area (Å²) in [5.41, 5.74) is 1.44. The molecule has 2 aromatic rings. The first kappa shape index (κ1) is 17.8. The molecule has 6 nitrogen and oxygen atoms in total. The maximum atomic E-state index is 13.9. The summed E-state index contributed by atoms with van der Waals surface area (Å²) in [6, 6.07) is 7.58. The van der Waals surface area contributed by atoms with Gasteiger partial charge in [-0.05, 0) is 42.3 Å². The Kier molecular flexibility index (Phi) is 5.31. The van der Waals surface area contributed by atoms with E-state index in [9.17, 15) is 12.8 Å². The summed E-state index contributed by atoms with van der Waals surface area (Å²) in [5.74, 6) is 0.0172. The van der Waals surface area contributed by atoms with Crippen LogP contribution in [0, 0.1) is 12.7 Å². The number of rotatable bonds is 5. The van der Waals surface area contributed by atoms with Gasteiger partial charge in [0, 0.05) is 25.8 Å². The molecule has 25 heavy (non-hydrogen) atoms. The standard InChI is InChI=1S/C17H20FN3O3S/c1-13-2-3-15(18)16(10-13)25(22,23)20-12-14-4-5-19-17(11-14)21-6-8-24-9-7-21/h2-5,10-11,20H,6-9,12H2,1H3. The summed E-state index contributed by atoms with van der Waals surface area (Å²) < 4.78 is 46.4. The molecule has 0 atom stereocenters. The highest BCUT2D eigenvalue weighted by Crippen LogP contribution is 2.18. The normalized spacial score (nSPS) is 15.4. The summed E-state index contributed by atoms with van der Waals surface area (Å²) in [7, 11) is -3.93. The highest BCUT2D eigenvalue weighted by Gasteiger charge is 2.19. The number of morpholine rings is 1. The Bertz CT molecular complexity index is 852. The molecule has 1 saturated heterocycles. The van der Waals surface area contributed by atoms with Gasteiger partial charge in [-0.3, -0.25) is 0 Å². The summed E-state index contributed by atoms with van der Waals surface area (Å²) in [5, 5.41) is 0. The molecule has 0 aliphatic carbocycles. The van der Waals surface area contributed by atoms with Crippen molar-refractivity contribution in [1.82, 2.24) is 9.71 Å². The molecule has 1 aromatic heterocycles. The molecule has 0 unspecified atom stereocenters. The Hall–Kier alpha value is -2.03. The SMILES string of the molecule is Cc1ccc(F)c(S(=O)(=O)NCc2ccnc(N3CCOCC3)c2)c1. The van der Waals surface area contributed by atoms with Crippen molar-refractivity contribution in [3.05, 3.63) is 53.5 Å². The van der Waals surface area contributed by atoms with E-state index in [1.54, 1.807) is 19.2 Å². The van der Waals surface area contributed by atoms with E-state index in [2.05, 4.69) is 14.6 Å². The Morgan fingerprint density at radius 2 is 2.00 bits per heavy atom. The number of aromatic nitrogens is 1. The van der Waals surface area contributed by atoms with E-state index in [1.165, 1.54) is 12.1 Å². The van der Waals surface area contributed by atoms with Crippen molar-refractivity contribution in [2.75, 3.05) is 31.2 Å². The Morgan fingerprint density at radius 1 is 1.24 bits per heavy atom. The molecule has 8 heteroatoms. The number of nitrogens with one attached hydrogen (secondary N) is 1. The largest absolute Gasteiger partial charge is 0.378 e. The third kappa shape index (κ3) is 4.33. The van der Waals surface area contributed by atoms with Crippen LogP contribution in [0.2, 0.25) is 0 Å². The second kappa shape index (κ2) is 7.47. The van der Waals surface area contributed by atoms with Gasteiger partial charge < -0.3 is 9.64 Å². The van der Waals surface area contributed by atoms with Crippen molar-refractivity contribution in [2.45, 2.75) is 18.4 Å². The smallest absolute Gasteiger partial charge is 0.243 e. The van der Waals surface area contributed by atoms with E-state index in [-0.39, 0.29) is 11.4 Å². The fourth-order valence-corrected chi connectivity index (χ4v) is 3.79. The van der Waals surface area contributed by atoms with Crippen LogP contribution in [0.3, 0.4) is 0 Å². The van der Waals surface area contributed by atoms with Crippen molar-refractivity contribution in [1.29, 1.82) is 0 Å². The highest BCUT2D eigenvalue weighted by molar-refractivity contribution is 7.89. The quantitative estimate of drug-likeness (QED) is 0.876. The van der Waals surface area contributed by atoms with Crippen LogP contribution < -0.4 is 9.62 Å². The zero-order chi connectivity index (χ0) is 17.9. The van der Waals surface area contributed by atoms with E-state index < -0.39 is 15.8 Å². The molecule has 0 spiro atoms. The Morgan fingerprint density at radius 3 is 2.76 bits per heavy atom. The van der Waals surface area contributed by atoms with Gasteiger partial charge in [-0.2, -0.15) is 0 Å². The lowest BCUT2D eigenvalue weighted by atomic mass is 10.2. The topological polar surface area (TPSA) is 71.5 Å². The summed E-state index contributed by atoms with van der Waals surface area (Å²) in [6.07, 6.45) is 1.64. The number of sulfonamides is 1. The van der Waals surface area contributed by atoms with Gasteiger partial charge in [0.15, 0.2) is 0 Å². The molecule has 1 aliphatic heterocycles. The number of benzene rings is 1. The zero-order valence-electron chi connectivity index (χ0n) is 13.9. The van der Waals surface area contributed by atoms with Crippen LogP contribution >= 0.6 is 0 Å². The van der Waals surface area contributed by atoms with Gasteiger partial charge in [-0.25, -0.2) is 22.5 Å². The average Bonchev–Trinajstić information content (AvgIpc) is 2.63. The van der Waals surface area contributed by atoms with Gasteiger partial charge >= 0.3 is 0 Å². The minimum absolute atomic E-state index is 0.0651. The first-order chi connectivity index (χ1) is 12.0. The maximum Gasteiger partial charge on any atom is 0.243 e. The number of hydrogen-bond acceptors (Lipinski definition) is 5. The fourth-order valence-electron chi connectivity index (χ4n) is 2.61. The molecule has 3 rings (SSSR count). The van der Waals surface area contributed by atoms with Gasteiger partial charge in [0.1, 0.15) is 16.5 Å². The molecule has 1 aromatic carbocycles. The van der Waals surface area contributed by atoms with Gasteiger partial charge in [0.05, 0.1) is 13.2 Å². The summed E-state index contributed by atoms with van der Waals surface area (Å²) in [4.78, 5) is 6.07. The van der Waals surface area contributed by atoms with Crippen LogP contribution in [0.1, 0.15) is 11.1 Å². The van der Waals surface area contributed by atoms with E-state index in [0.29, 0.717) is 18.8 Å². The summed E-state index contributed by atoms with van der Waals surface area (Å²) in [6.45, 7) is 4.56. The Balaban J connectivity index is 1.73. The molecule has 0 amide bonds. The molecule has 134 valence electrons. The van der Waals surface area contributed by atoms with Gasteiger partial charge in [-0.15, -0.1) is 0 Å². The van der Waals surface area contributed by atoms with E-state index in [0.717, 1.165) is 30.5 Å². The van der Waals surface area contributed by atoms with Crippen molar-refractivity contribution in [3.63, 3.8) is 0 Å². The lowest BCUT2D eigenvalue weighted by Gasteiger charge is -2.28. The first-order valence-corrected chi connectivity index (χ1v) is 9.47. The van der Waals surface area contributed by atoms with Crippen molar-refractivity contribution in [3.8, 4) is 0 Å². The van der Waals surface area contributed by atoms with E-state index in [1.807, 2.05) is 6.07 Å². The fraction of sp³-hybridized carbons (Fsp3) is 0.353. The van der Waals surface area contributed by atoms with E-state index in [4.69, 9.17) is 4.74 Å². The number of nitrogens with zero attached hydrogens (tertiary/aromatic N) is 2. The van der Waals surface area contributed by atoms with Gasteiger partial charge in [0.25, 0.3) is 0 Å². The third-order valence-corrected chi connectivity index (χ3v) is 5.40. The molecule has 1 N–H and O–H groups in total. The van der Waals surface area contributed by atoms with Crippen LogP contribution in [0.4, 0.5) is 10.2 Å². The number of aryl methyl sites for hydroxylation is 1.